The van der Waals surface area contributed by atoms with E-state index in [2.05, 4.69) is 17.6 Å². The van der Waals surface area contributed by atoms with Gasteiger partial charge in [0.15, 0.2) is 0 Å². The van der Waals surface area contributed by atoms with E-state index in [1.807, 2.05) is 30.3 Å². The van der Waals surface area contributed by atoms with Gasteiger partial charge in [-0.3, -0.25) is 9.59 Å². The Labute approximate surface area is 143 Å². The second-order valence-corrected chi connectivity index (χ2v) is 6.73. The highest BCUT2D eigenvalue weighted by Gasteiger charge is 2.30. The van der Waals surface area contributed by atoms with E-state index in [0.29, 0.717) is 5.92 Å². The summed E-state index contributed by atoms with van der Waals surface area (Å²) in [6.07, 6.45) is 5.06. The molecule has 0 saturated carbocycles. The van der Waals surface area contributed by atoms with Crippen LogP contribution in [0.15, 0.2) is 30.5 Å². The van der Waals surface area contributed by atoms with E-state index in [4.69, 9.17) is 0 Å². The highest BCUT2D eigenvalue weighted by atomic mass is 16.2. The highest BCUT2D eigenvalue weighted by Crippen LogP contribution is 2.32. The molecule has 2 heterocycles. The Balaban J connectivity index is 1.74. The van der Waals surface area contributed by atoms with Gasteiger partial charge in [-0.15, -0.1) is 0 Å². The zero-order valence-electron chi connectivity index (χ0n) is 14.3. The molecule has 2 aliphatic heterocycles. The monoisotopic (exact) mass is 327 g/mol. The molecule has 2 N–H and O–H groups in total. The van der Waals surface area contributed by atoms with Gasteiger partial charge in [0.2, 0.25) is 11.8 Å². The largest absolute Gasteiger partial charge is 0.352 e. The van der Waals surface area contributed by atoms with Crippen molar-refractivity contribution in [1.29, 1.82) is 0 Å². The van der Waals surface area contributed by atoms with Crippen molar-refractivity contribution in [2.24, 2.45) is 5.92 Å². The molecule has 0 spiro atoms. The molecule has 24 heavy (non-hydrogen) atoms. The van der Waals surface area contributed by atoms with Gasteiger partial charge in [0.05, 0.1) is 12.5 Å². The van der Waals surface area contributed by atoms with Gasteiger partial charge in [-0.2, -0.15) is 0 Å². The number of carbonyl (C=O) groups excluding carboxylic acids is 2. The molecule has 2 aliphatic rings. The Morgan fingerprint density at radius 3 is 2.88 bits per heavy atom. The number of hydrogen-bond donors (Lipinski definition) is 2. The first kappa shape index (κ1) is 16.7. The fourth-order valence-electron chi connectivity index (χ4n) is 3.54. The number of carbonyl (C=O) groups is 2. The Bertz CT molecular complexity index is 656. The van der Waals surface area contributed by atoms with Crippen molar-refractivity contribution in [3.63, 3.8) is 0 Å². The molecule has 1 aromatic carbocycles. The predicted octanol–water partition coefficient (Wildman–Crippen LogP) is 2.06. The van der Waals surface area contributed by atoms with E-state index in [1.54, 1.807) is 11.1 Å². The first-order chi connectivity index (χ1) is 11.6. The minimum Gasteiger partial charge on any atom is -0.352 e. The summed E-state index contributed by atoms with van der Waals surface area (Å²) in [4.78, 5) is 26.2. The lowest BCUT2D eigenvalue weighted by molar-refractivity contribution is -0.130. The maximum atomic E-state index is 12.6. The van der Waals surface area contributed by atoms with Gasteiger partial charge < -0.3 is 15.5 Å². The number of hydrogen-bond acceptors (Lipinski definition) is 3. The normalized spacial score (nSPS) is 25.9. The Morgan fingerprint density at radius 2 is 2.12 bits per heavy atom. The van der Waals surface area contributed by atoms with Gasteiger partial charge in [-0.25, -0.2) is 0 Å². The number of benzene rings is 1. The average molecular weight is 327 g/mol. The summed E-state index contributed by atoms with van der Waals surface area (Å²) in [5, 5.41) is 6.47. The molecule has 0 aromatic heterocycles. The second kappa shape index (κ2) is 7.18. The predicted molar refractivity (Wildman–Crippen MR) is 93.9 cm³/mol. The molecule has 3 atom stereocenters. The van der Waals surface area contributed by atoms with Crippen molar-refractivity contribution in [2.45, 2.75) is 38.8 Å². The van der Waals surface area contributed by atoms with Crippen molar-refractivity contribution in [3.8, 4) is 0 Å². The minimum atomic E-state index is -0.240. The van der Waals surface area contributed by atoms with Gasteiger partial charge in [0, 0.05) is 25.7 Å². The first-order valence-electron chi connectivity index (χ1n) is 8.62. The third-order valence-corrected chi connectivity index (χ3v) is 5.02. The number of rotatable bonds is 3. The summed E-state index contributed by atoms with van der Waals surface area (Å²) in [7, 11) is 0. The van der Waals surface area contributed by atoms with Crippen LogP contribution >= 0.6 is 0 Å². The lowest BCUT2D eigenvalue weighted by atomic mass is 9.92. The van der Waals surface area contributed by atoms with Crippen LogP contribution in [0.5, 0.6) is 0 Å². The molecule has 0 aliphatic carbocycles. The molecular formula is C19H25N3O2. The van der Waals surface area contributed by atoms with Crippen molar-refractivity contribution < 1.29 is 9.59 Å². The Hall–Kier alpha value is -2.14. The van der Waals surface area contributed by atoms with Crippen LogP contribution in [0.25, 0.3) is 6.08 Å². The zero-order valence-corrected chi connectivity index (χ0v) is 14.3. The molecule has 3 unspecified atom stereocenters. The minimum absolute atomic E-state index is 0.00287. The van der Waals surface area contributed by atoms with Crippen LogP contribution in [-0.2, 0) is 9.59 Å². The van der Waals surface area contributed by atoms with Crippen LogP contribution in [0.1, 0.15) is 43.9 Å². The van der Waals surface area contributed by atoms with Crippen LogP contribution < -0.4 is 10.6 Å². The van der Waals surface area contributed by atoms with Crippen molar-refractivity contribution >= 4 is 17.9 Å². The summed E-state index contributed by atoms with van der Waals surface area (Å²) < 4.78 is 0. The van der Waals surface area contributed by atoms with Gasteiger partial charge in [-0.05, 0) is 36.1 Å². The SMILES string of the molecule is CC(=O)N1C=Cc2ccccc2C1CC(=O)NC1CNCCC1C. The summed E-state index contributed by atoms with van der Waals surface area (Å²) in [5.74, 6) is 0.417. The molecular weight excluding hydrogens is 302 g/mol. The first-order valence-corrected chi connectivity index (χ1v) is 8.62. The van der Waals surface area contributed by atoms with Crippen LogP contribution in [-0.4, -0.2) is 35.8 Å². The molecule has 2 amide bonds. The lowest BCUT2D eigenvalue weighted by Gasteiger charge is -2.34. The molecule has 128 valence electrons. The number of nitrogens with one attached hydrogen (secondary N) is 2. The topological polar surface area (TPSA) is 61.4 Å². The molecule has 1 saturated heterocycles. The van der Waals surface area contributed by atoms with Gasteiger partial charge in [0.1, 0.15) is 0 Å². The van der Waals surface area contributed by atoms with E-state index in [1.165, 1.54) is 6.92 Å². The second-order valence-electron chi connectivity index (χ2n) is 6.73. The van der Waals surface area contributed by atoms with E-state index in [9.17, 15) is 9.59 Å². The Kier molecular flexibility index (Phi) is 5.00. The number of piperidine rings is 1. The highest BCUT2D eigenvalue weighted by molar-refractivity contribution is 5.82. The zero-order chi connectivity index (χ0) is 17.1. The molecule has 1 aromatic rings. The van der Waals surface area contributed by atoms with Crippen LogP contribution in [0.3, 0.4) is 0 Å². The summed E-state index contributed by atoms with van der Waals surface area (Å²) in [5.41, 5.74) is 2.10. The lowest BCUT2D eigenvalue weighted by Crippen LogP contribution is -2.50. The third-order valence-electron chi connectivity index (χ3n) is 5.02. The molecule has 0 bridgehead atoms. The maximum absolute atomic E-state index is 12.6. The van der Waals surface area contributed by atoms with Crippen molar-refractivity contribution in [1.82, 2.24) is 15.5 Å². The fraction of sp³-hybridized carbons (Fsp3) is 0.474. The van der Waals surface area contributed by atoms with Gasteiger partial charge >= 0.3 is 0 Å². The number of nitrogens with zero attached hydrogens (tertiary/aromatic N) is 1. The molecule has 5 heteroatoms. The van der Waals surface area contributed by atoms with Gasteiger partial charge in [0.25, 0.3) is 0 Å². The van der Waals surface area contributed by atoms with E-state index in [-0.39, 0.29) is 30.3 Å². The van der Waals surface area contributed by atoms with Crippen LogP contribution in [0.2, 0.25) is 0 Å². The van der Waals surface area contributed by atoms with E-state index >= 15 is 0 Å². The quantitative estimate of drug-likeness (QED) is 0.893. The molecule has 1 fully saturated rings. The molecule has 5 nitrogen and oxygen atoms in total. The standard InChI is InChI=1S/C19H25N3O2/c1-13-7-9-20-12-17(13)21-19(24)11-18-16-6-4-3-5-15(16)8-10-22(18)14(2)23/h3-6,8,10,13,17-18,20H,7,9,11-12H2,1-2H3,(H,21,24). The van der Waals surface area contributed by atoms with E-state index < -0.39 is 0 Å². The summed E-state index contributed by atoms with van der Waals surface area (Å²) >= 11 is 0. The fourth-order valence-corrected chi connectivity index (χ4v) is 3.54. The van der Waals surface area contributed by atoms with Gasteiger partial charge in [-0.1, -0.05) is 31.2 Å². The summed E-state index contributed by atoms with van der Waals surface area (Å²) in [6, 6.07) is 7.86. The number of amides is 2. The van der Waals surface area contributed by atoms with E-state index in [0.717, 1.165) is 30.6 Å². The van der Waals surface area contributed by atoms with Crippen molar-refractivity contribution in [3.05, 3.63) is 41.6 Å². The maximum Gasteiger partial charge on any atom is 0.223 e. The number of fused-ring (bicyclic) bond motifs is 1. The molecule has 0 radical (unpaired) electrons. The van der Waals surface area contributed by atoms with Crippen molar-refractivity contribution in [2.75, 3.05) is 13.1 Å². The Morgan fingerprint density at radius 1 is 1.33 bits per heavy atom. The smallest absolute Gasteiger partial charge is 0.223 e. The third kappa shape index (κ3) is 3.51. The van der Waals surface area contributed by atoms with Crippen LogP contribution in [0.4, 0.5) is 0 Å². The summed E-state index contributed by atoms with van der Waals surface area (Å²) in [6.45, 7) is 5.53. The average Bonchev–Trinajstić information content (AvgIpc) is 2.57. The molecule has 3 rings (SSSR count). The van der Waals surface area contributed by atoms with Crippen LogP contribution in [0, 0.1) is 5.92 Å².